The van der Waals surface area contributed by atoms with E-state index in [1.54, 1.807) is 0 Å². The molecule has 1 atom stereocenters. The fourth-order valence-electron chi connectivity index (χ4n) is 7.42. The maximum atomic E-state index is 12.3. The smallest absolute Gasteiger partial charge is 0.306 e. The molecule has 0 aliphatic rings. The largest absolute Gasteiger partial charge is 0.462 e. The first-order valence-corrected chi connectivity index (χ1v) is 25.8. The summed E-state index contributed by atoms with van der Waals surface area (Å²) < 4.78 is 10.7. The zero-order chi connectivity index (χ0) is 43.5. The predicted octanol–water partition coefficient (Wildman–Crippen LogP) is 17.1. The summed E-state index contributed by atoms with van der Waals surface area (Å²) in [6, 6.07) is 0. The molecule has 0 aromatic rings. The van der Waals surface area contributed by atoms with Gasteiger partial charge in [-0.15, -0.1) is 0 Å². The van der Waals surface area contributed by atoms with Crippen LogP contribution >= 0.6 is 0 Å². The molecular formula is C55H98O5. The van der Waals surface area contributed by atoms with Crippen molar-refractivity contribution in [3.63, 3.8) is 0 Å². The van der Waals surface area contributed by atoms with E-state index in [2.05, 4.69) is 74.6 Å². The van der Waals surface area contributed by atoms with Crippen LogP contribution in [0.1, 0.15) is 258 Å². The van der Waals surface area contributed by atoms with E-state index in [1.807, 2.05) is 0 Å². The lowest BCUT2D eigenvalue weighted by Crippen LogP contribution is -2.28. The Bertz CT molecular complexity index is 1040. The summed E-state index contributed by atoms with van der Waals surface area (Å²) in [5.74, 6) is -0.592. The van der Waals surface area contributed by atoms with Crippen LogP contribution < -0.4 is 0 Å². The minimum atomic E-state index is -0.774. The van der Waals surface area contributed by atoms with Gasteiger partial charge in [-0.05, 0) is 77.0 Å². The molecule has 60 heavy (non-hydrogen) atoms. The Kier molecular flexibility index (Phi) is 48.9. The van der Waals surface area contributed by atoms with E-state index in [1.165, 1.54) is 161 Å². The first-order valence-electron chi connectivity index (χ1n) is 25.8. The highest BCUT2D eigenvalue weighted by Crippen LogP contribution is 2.16. The van der Waals surface area contributed by atoms with Gasteiger partial charge in [-0.1, -0.05) is 229 Å². The number of aliphatic hydroxyl groups excluding tert-OH is 1. The first-order chi connectivity index (χ1) is 29.6. The third-order valence-corrected chi connectivity index (χ3v) is 11.3. The zero-order valence-corrected chi connectivity index (χ0v) is 39.7. The summed E-state index contributed by atoms with van der Waals surface area (Å²) in [6.45, 7) is 4.03. The van der Waals surface area contributed by atoms with E-state index >= 15 is 0 Å². The molecular weight excluding hydrogens is 741 g/mol. The second-order valence-corrected chi connectivity index (χ2v) is 17.2. The van der Waals surface area contributed by atoms with Crippen molar-refractivity contribution in [2.75, 3.05) is 13.2 Å². The Morgan fingerprint density at radius 1 is 0.400 bits per heavy atom. The van der Waals surface area contributed by atoms with E-state index in [4.69, 9.17) is 9.47 Å². The van der Waals surface area contributed by atoms with E-state index in [-0.39, 0.29) is 25.2 Å². The van der Waals surface area contributed by atoms with E-state index < -0.39 is 6.10 Å². The van der Waals surface area contributed by atoms with Crippen molar-refractivity contribution in [2.45, 2.75) is 264 Å². The van der Waals surface area contributed by atoms with Crippen molar-refractivity contribution in [1.82, 2.24) is 0 Å². The second-order valence-electron chi connectivity index (χ2n) is 17.2. The molecule has 0 amide bonds. The van der Waals surface area contributed by atoms with Crippen LogP contribution in [0.3, 0.4) is 0 Å². The molecule has 0 bridgehead atoms. The van der Waals surface area contributed by atoms with Gasteiger partial charge in [0.25, 0.3) is 0 Å². The molecule has 0 spiro atoms. The number of allylic oxidation sites excluding steroid dienone is 10. The molecule has 0 heterocycles. The number of esters is 2. The molecule has 0 fully saturated rings. The van der Waals surface area contributed by atoms with Gasteiger partial charge >= 0.3 is 11.9 Å². The summed E-state index contributed by atoms with van der Waals surface area (Å²) >= 11 is 0. The monoisotopic (exact) mass is 839 g/mol. The molecule has 348 valence electrons. The number of unbranched alkanes of at least 4 members (excludes halogenated alkanes) is 29. The number of aliphatic hydroxyl groups is 1. The number of hydrogen-bond donors (Lipinski definition) is 1. The van der Waals surface area contributed by atoms with E-state index in [0.29, 0.717) is 12.8 Å². The maximum absolute atomic E-state index is 12.3. The second kappa shape index (κ2) is 51.0. The first kappa shape index (κ1) is 57.6. The fourth-order valence-corrected chi connectivity index (χ4v) is 7.42. The minimum absolute atomic E-state index is 0.0683. The van der Waals surface area contributed by atoms with Gasteiger partial charge in [0.1, 0.15) is 6.61 Å². The lowest BCUT2D eigenvalue weighted by atomic mass is 10.0. The quantitative estimate of drug-likeness (QED) is 0.0375. The Hall–Kier alpha value is -2.40. The number of carbonyl (C=O) groups is 2. The Morgan fingerprint density at radius 2 is 0.717 bits per heavy atom. The lowest BCUT2D eigenvalue weighted by molar-refractivity contribution is -0.161. The number of carbonyl (C=O) groups excluding carboxylic acids is 2. The molecule has 5 nitrogen and oxygen atoms in total. The molecule has 5 heteroatoms. The average Bonchev–Trinajstić information content (AvgIpc) is 3.25. The summed E-state index contributed by atoms with van der Waals surface area (Å²) in [5.41, 5.74) is 0. The number of hydrogen-bond acceptors (Lipinski definition) is 5. The van der Waals surface area contributed by atoms with Crippen LogP contribution in [-0.2, 0) is 19.1 Å². The fraction of sp³-hybridized carbons (Fsp3) is 0.782. The van der Waals surface area contributed by atoms with Crippen molar-refractivity contribution in [3.05, 3.63) is 60.8 Å². The summed E-state index contributed by atoms with van der Waals surface area (Å²) in [4.78, 5) is 24.4. The van der Waals surface area contributed by atoms with Crippen LogP contribution in [0.15, 0.2) is 60.8 Å². The van der Waals surface area contributed by atoms with Crippen molar-refractivity contribution in [2.24, 2.45) is 0 Å². The van der Waals surface area contributed by atoms with Crippen LogP contribution in [0.2, 0.25) is 0 Å². The van der Waals surface area contributed by atoms with E-state index in [9.17, 15) is 14.7 Å². The Morgan fingerprint density at radius 3 is 1.10 bits per heavy atom. The van der Waals surface area contributed by atoms with Gasteiger partial charge in [0.05, 0.1) is 6.61 Å². The van der Waals surface area contributed by atoms with Crippen LogP contribution in [0.4, 0.5) is 0 Å². The summed E-state index contributed by atoms with van der Waals surface area (Å²) in [7, 11) is 0. The molecule has 1 unspecified atom stereocenters. The number of ether oxygens (including phenoxy) is 2. The van der Waals surface area contributed by atoms with E-state index in [0.717, 1.165) is 70.6 Å². The lowest BCUT2D eigenvalue weighted by Gasteiger charge is -2.15. The van der Waals surface area contributed by atoms with Crippen LogP contribution in [-0.4, -0.2) is 36.4 Å². The Balaban J connectivity index is 3.45. The van der Waals surface area contributed by atoms with Crippen LogP contribution in [0.25, 0.3) is 0 Å². The SMILES string of the molecule is CC/C=C\C/C=C\C/C=C\C/C=C\CCCCCCCCCCCCCCCCCCCCC(=O)OC(CO)COC(=O)CCCCCCC/C=C\CCCCCCCC. The third kappa shape index (κ3) is 48.3. The van der Waals surface area contributed by atoms with Gasteiger partial charge in [0.15, 0.2) is 6.10 Å². The summed E-state index contributed by atoms with van der Waals surface area (Å²) in [6.07, 6.45) is 67.5. The third-order valence-electron chi connectivity index (χ3n) is 11.3. The highest BCUT2D eigenvalue weighted by Gasteiger charge is 2.16. The van der Waals surface area contributed by atoms with Gasteiger partial charge < -0.3 is 14.6 Å². The van der Waals surface area contributed by atoms with Gasteiger partial charge in [-0.25, -0.2) is 0 Å². The molecule has 0 aliphatic heterocycles. The highest BCUT2D eigenvalue weighted by molar-refractivity contribution is 5.70. The van der Waals surface area contributed by atoms with Gasteiger partial charge in [-0.3, -0.25) is 9.59 Å². The zero-order valence-electron chi connectivity index (χ0n) is 39.7. The maximum Gasteiger partial charge on any atom is 0.306 e. The molecule has 1 N–H and O–H groups in total. The molecule has 0 aromatic heterocycles. The van der Waals surface area contributed by atoms with Gasteiger partial charge in [0.2, 0.25) is 0 Å². The average molecular weight is 839 g/mol. The van der Waals surface area contributed by atoms with Crippen LogP contribution in [0, 0.1) is 0 Å². The topological polar surface area (TPSA) is 72.8 Å². The minimum Gasteiger partial charge on any atom is -0.462 e. The van der Waals surface area contributed by atoms with Gasteiger partial charge in [-0.2, -0.15) is 0 Å². The van der Waals surface area contributed by atoms with Gasteiger partial charge in [0, 0.05) is 12.8 Å². The molecule has 0 saturated carbocycles. The van der Waals surface area contributed by atoms with Crippen molar-refractivity contribution >= 4 is 11.9 Å². The standard InChI is InChI=1S/C55H98O5/c1-3-5-7-9-11-13-15-17-19-20-21-22-23-24-25-26-27-28-29-30-31-32-33-34-36-38-40-42-44-46-48-50-55(58)60-53(51-56)52-59-54(57)49-47-45-43-41-39-37-35-18-16-14-12-10-8-6-4-2/h5,7,11,13,17-19,21-22,35,53,56H,3-4,6,8-10,12,14-16,20,23-34,36-52H2,1-2H3/b7-5-,13-11-,19-17-,22-21-,35-18-. The number of rotatable bonds is 47. The van der Waals surface area contributed by atoms with Crippen molar-refractivity contribution in [3.8, 4) is 0 Å². The normalized spacial score (nSPS) is 12.7. The van der Waals surface area contributed by atoms with Crippen LogP contribution in [0.5, 0.6) is 0 Å². The van der Waals surface area contributed by atoms with Crippen molar-refractivity contribution in [1.29, 1.82) is 0 Å². The Labute approximate surface area is 372 Å². The predicted molar refractivity (Wildman–Crippen MR) is 260 cm³/mol. The molecule has 0 aromatic carbocycles. The molecule has 0 radical (unpaired) electrons. The molecule has 0 saturated heterocycles. The highest BCUT2D eigenvalue weighted by atomic mass is 16.6. The summed E-state index contributed by atoms with van der Waals surface area (Å²) in [5, 5.41) is 9.61. The van der Waals surface area contributed by atoms with Crippen molar-refractivity contribution < 1.29 is 24.2 Å². The molecule has 0 rings (SSSR count). The molecule has 0 aliphatic carbocycles.